The first-order valence-corrected chi connectivity index (χ1v) is 10.7. The highest BCUT2D eigenvalue weighted by Gasteiger charge is 2.30. The van der Waals surface area contributed by atoms with Crippen LogP contribution in [0.25, 0.3) is 5.65 Å². The number of benzene rings is 1. The molecule has 7 heteroatoms. The molecule has 1 aliphatic rings. The first-order chi connectivity index (χ1) is 14.9. The van der Waals surface area contributed by atoms with Crippen LogP contribution in [0.2, 0.25) is 0 Å². The molecule has 2 heterocycles. The zero-order chi connectivity index (χ0) is 22.0. The Morgan fingerprint density at radius 2 is 1.90 bits per heavy atom. The molecule has 1 saturated carbocycles. The van der Waals surface area contributed by atoms with Gasteiger partial charge >= 0.3 is 0 Å². The van der Waals surface area contributed by atoms with Crippen LogP contribution in [-0.2, 0) is 6.61 Å². The van der Waals surface area contributed by atoms with Gasteiger partial charge in [0, 0.05) is 12.6 Å². The van der Waals surface area contributed by atoms with Crippen LogP contribution >= 0.6 is 0 Å². The molecule has 0 spiro atoms. The fraction of sp³-hybridized carbons (Fsp3) is 0.417. The molecular formula is C24H26F2N2O3. The Kier molecular flexibility index (Phi) is 6.05. The lowest BCUT2D eigenvalue weighted by atomic mass is 9.94. The maximum atomic E-state index is 13.9. The number of Topliss-reactive ketones (excluding diaryl/α,β-unsaturated/α-hetero) is 1. The van der Waals surface area contributed by atoms with E-state index < -0.39 is 17.2 Å². The Labute approximate surface area is 179 Å². The highest BCUT2D eigenvalue weighted by atomic mass is 19.1. The number of rotatable bonds is 8. The lowest BCUT2D eigenvalue weighted by Gasteiger charge is -2.21. The van der Waals surface area contributed by atoms with Gasteiger partial charge in [0.05, 0.1) is 16.9 Å². The van der Waals surface area contributed by atoms with Crippen molar-refractivity contribution in [3.05, 3.63) is 65.1 Å². The maximum absolute atomic E-state index is 13.9. The van der Waals surface area contributed by atoms with E-state index >= 15 is 0 Å². The number of pyridine rings is 1. The van der Waals surface area contributed by atoms with Crippen LogP contribution in [0.1, 0.15) is 66.7 Å². The predicted octanol–water partition coefficient (Wildman–Crippen LogP) is 5.16. The molecule has 0 unspecified atom stereocenters. The molecular weight excluding hydrogens is 402 g/mol. The van der Waals surface area contributed by atoms with Gasteiger partial charge in [-0.15, -0.1) is 0 Å². The molecule has 0 bridgehead atoms. The van der Waals surface area contributed by atoms with Crippen molar-refractivity contribution in [2.45, 2.75) is 64.1 Å². The molecule has 0 aliphatic heterocycles. The van der Waals surface area contributed by atoms with E-state index in [0.717, 1.165) is 25.7 Å². The van der Waals surface area contributed by atoms with Gasteiger partial charge in [-0.05, 0) is 56.9 Å². The number of halogens is 2. The number of ether oxygens (including phenoxy) is 1. The molecule has 31 heavy (non-hydrogen) atoms. The predicted molar refractivity (Wildman–Crippen MR) is 112 cm³/mol. The van der Waals surface area contributed by atoms with E-state index in [0.29, 0.717) is 42.0 Å². The van der Waals surface area contributed by atoms with Crippen molar-refractivity contribution in [3.8, 4) is 5.75 Å². The summed E-state index contributed by atoms with van der Waals surface area (Å²) >= 11 is 0. The molecule has 1 fully saturated rings. The van der Waals surface area contributed by atoms with Gasteiger partial charge in [0.1, 0.15) is 23.9 Å². The fourth-order valence-electron chi connectivity index (χ4n) is 4.40. The van der Waals surface area contributed by atoms with Crippen LogP contribution in [-0.4, -0.2) is 25.9 Å². The molecule has 0 radical (unpaired) electrons. The second-order valence-corrected chi connectivity index (χ2v) is 8.31. The average Bonchev–Trinajstić information content (AvgIpc) is 3.30. The van der Waals surface area contributed by atoms with E-state index in [1.54, 1.807) is 29.7 Å². The summed E-state index contributed by atoms with van der Waals surface area (Å²) in [6.07, 6.45) is 6.97. The summed E-state index contributed by atoms with van der Waals surface area (Å²) < 4.78 is 35.1. The fourth-order valence-corrected chi connectivity index (χ4v) is 4.40. The Bertz CT molecular complexity index is 1080. The zero-order valence-corrected chi connectivity index (χ0v) is 17.5. The van der Waals surface area contributed by atoms with Gasteiger partial charge < -0.3 is 9.84 Å². The Morgan fingerprint density at radius 1 is 1.19 bits per heavy atom. The monoisotopic (exact) mass is 428 g/mol. The summed E-state index contributed by atoms with van der Waals surface area (Å²) in [4.78, 5) is 17.4. The van der Waals surface area contributed by atoms with E-state index in [1.165, 1.54) is 18.2 Å². The Hall–Kier alpha value is -2.80. The van der Waals surface area contributed by atoms with Gasteiger partial charge in [-0.3, -0.25) is 9.20 Å². The topological polar surface area (TPSA) is 63.8 Å². The molecule has 4 rings (SSSR count). The number of aryl methyl sites for hydroxylation is 1. The van der Waals surface area contributed by atoms with E-state index in [4.69, 9.17) is 4.74 Å². The Morgan fingerprint density at radius 3 is 2.61 bits per heavy atom. The number of aromatic nitrogens is 2. The minimum absolute atomic E-state index is 0.0519. The van der Waals surface area contributed by atoms with E-state index in [2.05, 4.69) is 4.98 Å². The molecule has 0 saturated heterocycles. The van der Waals surface area contributed by atoms with Gasteiger partial charge in [0.15, 0.2) is 17.2 Å². The maximum Gasteiger partial charge on any atom is 0.181 e. The number of carbonyl (C=O) groups is 1. The zero-order valence-electron chi connectivity index (χ0n) is 17.5. The third kappa shape index (κ3) is 4.46. The van der Waals surface area contributed by atoms with E-state index in [1.807, 2.05) is 0 Å². The third-order valence-electron chi connectivity index (χ3n) is 6.07. The van der Waals surface area contributed by atoms with Crippen LogP contribution in [0.4, 0.5) is 8.78 Å². The van der Waals surface area contributed by atoms with Crippen LogP contribution in [0.15, 0.2) is 36.5 Å². The second-order valence-electron chi connectivity index (χ2n) is 8.31. The number of hydrogen-bond acceptors (Lipinski definition) is 4. The Balaban J connectivity index is 1.50. The SMILES string of the molecule is Cc1nc2c(OCc3c(F)cccc3F)cccn2c1C(=O)CCCC1(O)CCCC1. The number of hydrogen-bond donors (Lipinski definition) is 1. The summed E-state index contributed by atoms with van der Waals surface area (Å²) in [5.41, 5.74) is 0.676. The number of carbonyl (C=O) groups excluding carboxylic acids is 1. The van der Waals surface area contributed by atoms with Gasteiger partial charge in [-0.25, -0.2) is 13.8 Å². The van der Waals surface area contributed by atoms with Crippen molar-refractivity contribution in [2.75, 3.05) is 0 Å². The van der Waals surface area contributed by atoms with Crippen LogP contribution in [0.3, 0.4) is 0 Å². The molecule has 164 valence electrons. The normalized spacial score (nSPS) is 15.5. The molecule has 2 aromatic heterocycles. The molecule has 1 aromatic carbocycles. The molecule has 0 amide bonds. The standard InChI is InChI=1S/C24H26F2N2O3/c1-16-22(20(29)9-5-13-24(30)11-2-3-12-24)28-14-6-10-21(23(28)27-16)31-15-17-18(25)7-4-8-19(17)26/h4,6-8,10,14,30H,2-3,5,9,11-13,15H2,1H3. The van der Waals surface area contributed by atoms with E-state index in [-0.39, 0.29) is 18.0 Å². The highest BCUT2D eigenvalue weighted by molar-refractivity contribution is 5.96. The smallest absolute Gasteiger partial charge is 0.181 e. The number of nitrogens with zero attached hydrogens (tertiary/aromatic N) is 2. The molecule has 3 aromatic rings. The summed E-state index contributed by atoms with van der Waals surface area (Å²) in [6, 6.07) is 7.03. The van der Waals surface area contributed by atoms with Gasteiger partial charge in [0.25, 0.3) is 0 Å². The van der Waals surface area contributed by atoms with Crippen molar-refractivity contribution in [3.63, 3.8) is 0 Å². The van der Waals surface area contributed by atoms with Crippen molar-refractivity contribution in [1.29, 1.82) is 0 Å². The van der Waals surface area contributed by atoms with E-state index in [9.17, 15) is 18.7 Å². The van der Waals surface area contributed by atoms with Gasteiger partial charge in [0.2, 0.25) is 0 Å². The minimum Gasteiger partial charge on any atom is -0.485 e. The number of imidazole rings is 1. The lowest BCUT2D eigenvalue weighted by molar-refractivity contribution is 0.0363. The van der Waals surface area contributed by atoms with Crippen LogP contribution in [0.5, 0.6) is 5.75 Å². The van der Waals surface area contributed by atoms with Crippen LogP contribution < -0.4 is 4.74 Å². The summed E-state index contributed by atoms with van der Waals surface area (Å²) in [6.45, 7) is 1.47. The first-order valence-electron chi connectivity index (χ1n) is 10.7. The molecule has 5 nitrogen and oxygen atoms in total. The highest BCUT2D eigenvalue weighted by Crippen LogP contribution is 2.34. The summed E-state index contributed by atoms with van der Waals surface area (Å²) in [5.74, 6) is -1.06. The minimum atomic E-state index is -0.675. The van der Waals surface area contributed by atoms with Crippen LogP contribution in [0, 0.1) is 18.6 Å². The second kappa shape index (κ2) is 8.75. The number of fused-ring (bicyclic) bond motifs is 1. The van der Waals surface area contributed by atoms with Crippen molar-refractivity contribution in [2.24, 2.45) is 0 Å². The largest absolute Gasteiger partial charge is 0.485 e. The third-order valence-corrected chi connectivity index (χ3v) is 6.07. The molecule has 1 N–H and O–H groups in total. The van der Waals surface area contributed by atoms with Gasteiger partial charge in [-0.2, -0.15) is 0 Å². The first kappa shape index (κ1) is 21.4. The summed E-state index contributed by atoms with van der Waals surface area (Å²) in [5, 5.41) is 10.5. The molecule has 0 atom stereocenters. The van der Waals surface area contributed by atoms with Gasteiger partial charge in [-0.1, -0.05) is 18.9 Å². The van der Waals surface area contributed by atoms with Crippen molar-refractivity contribution < 1.29 is 23.4 Å². The van der Waals surface area contributed by atoms with Crippen molar-refractivity contribution >= 4 is 11.4 Å². The average molecular weight is 428 g/mol. The lowest BCUT2D eigenvalue weighted by Crippen LogP contribution is -2.24. The quantitative estimate of drug-likeness (QED) is 0.504. The molecule has 1 aliphatic carbocycles. The number of aliphatic hydroxyl groups is 1. The number of ketones is 1. The summed E-state index contributed by atoms with van der Waals surface area (Å²) in [7, 11) is 0. The van der Waals surface area contributed by atoms with Crippen molar-refractivity contribution in [1.82, 2.24) is 9.38 Å².